The summed E-state index contributed by atoms with van der Waals surface area (Å²) in [5, 5.41) is 11.6. The highest BCUT2D eigenvalue weighted by Gasteiger charge is 2.14. The minimum Gasteiger partial charge on any atom is -0.388 e. The summed E-state index contributed by atoms with van der Waals surface area (Å²) in [5.41, 5.74) is 4.07. The molecule has 2 nitrogen and oxygen atoms in total. The van der Waals surface area contributed by atoms with Crippen LogP contribution >= 0.6 is 15.9 Å². The van der Waals surface area contributed by atoms with Gasteiger partial charge in [0.05, 0.1) is 11.6 Å². The summed E-state index contributed by atoms with van der Waals surface area (Å²) >= 11 is 3.53. The average Bonchev–Trinajstić information content (AvgIpc) is 2.50. The SMILES string of the molecule is Cc1ccc(CC(O)c2ccc(Br)c3cccnc23)cc1. The van der Waals surface area contributed by atoms with E-state index in [0.29, 0.717) is 6.42 Å². The fourth-order valence-corrected chi connectivity index (χ4v) is 2.94. The van der Waals surface area contributed by atoms with Crippen LogP contribution in [0, 0.1) is 6.92 Å². The third-order valence-corrected chi connectivity index (χ3v) is 4.35. The molecule has 1 aromatic heterocycles. The highest BCUT2D eigenvalue weighted by Crippen LogP contribution is 2.30. The lowest BCUT2D eigenvalue weighted by atomic mass is 9.98. The van der Waals surface area contributed by atoms with Crippen molar-refractivity contribution in [3.05, 3.63) is 75.9 Å². The van der Waals surface area contributed by atoms with Crippen molar-refractivity contribution < 1.29 is 5.11 Å². The second kappa shape index (κ2) is 5.96. The van der Waals surface area contributed by atoms with Crippen LogP contribution in [0.2, 0.25) is 0 Å². The van der Waals surface area contributed by atoms with Crippen molar-refractivity contribution in [2.75, 3.05) is 0 Å². The maximum Gasteiger partial charge on any atom is 0.0851 e. The number of fused-ring (bicyclic) bond motifs is 1. The number of hydrogen-bond acceptors (Lipinski definition) is 2. The molecule has 21 heavy (non-hydrogen) atoms. The smallest absolute Gasteiger partial charge is 0.0851 e. The molecule has 3 aromatic rings. The molecule has 3 heteroatoms. The Bertz CT molecular complexity index is 768. The normalized spacial score (nSPS) is 12.5. The Hall–Kier alpha value is -1.71. The number of benzene rings is 2. The average molecular weight is 342 g/mol. The molecule has 1 unspecified atom stereocenters. The topological polar surface area (TPSA) is 33.1 Å². The number of rotatable bonds is 3. The maximum atomic E-state index is 10.6. The predicted octanol–water partition coefficient (Wildman–Crippen LogP) is 4.58. The number of nitrogens with zero attached hydrogens (tertiary/aromatic N) is 1. The molecule has 0 saturated heterocycles. The van der Waals surface area contributed by atoms with Gasteiger partial charge in [-0.2, -0.15) is 0 Å². The van der Waals surface area contributed by atoms with Gasteiger partial charge in [0.1, 0.15) is 0 Å². The molecule has 3 rings (SSSR count). The van der Waals surface area contributed by atoms with E-state index in [1.807, 2.05) is 24.3 Å². The lowest BCUT2D eigenvalue weighted by Crippen LogP contribution is -2.03. The summed E-state index contributed by atoms with van der Waals surface area (Å²) in [6.45, 7) is 2.06. The zero-order chi connectivity index (χ0) is 14.8. The van der Waals surface area contributed by atoms with Crippen LogP contribution in [0.25, 0.3) is 10.9 Å². The first kappa shape index (κ1) is 14.2. The van der Waals surface area contributed by atoms with E-state index in [4.69, 9.17) is 0 Å². The van der Waals surface area contributed by atoms with Gasteiger partial charge in [0, 0.05) is 28.0 Å². The Morgan fingerprint density at radius 3 is 2.62 bits per heavy atom. The molecule has 0 fully saturated rings. The van der Waals surface area contributed by atoms with Gasteiger partial charge in [-0.25, -0.2) is 0 Å². The Labute approximate surface area is 132 Å². The van der Waals surface area contributed by atoms with Gasteiger partial charge in [-0.05, 0) is 24.6 Å². The van der Waals surface area contributed by atoms with Crippen molar-refractivity contribution in [3.8, 4) is 0 Å². The van der Waals surface area contributed by atoms with Crippen LogP contribution in [0.4, 0.5) is 0 Å². The zero-order valence-electron chi connectivity index (χ0n) is 11.8. The Kier molecular flexibility index (Phi) is 4.04. The molecule has 0 amide bonds. The first-order valence-corrected chi connectivity index (χ1v) is 7.71. The second-order valence-corrected chi connectivity index (χ2v) is 6.10. The Balaban J connectivity index is 1.96. The summed E-state index contributed by atoms with van der Waals surface area (Å²) in [6, 6.07) is 16.1. The van der Waals surface area contributed by atoms with E-state index in [0.717, 1.165) is 26.5 Å². The third kappa shape index (κ3) is 2.99. The first-order valence-electron chi connectivity index (χ1n) is 6.92. The molecule has 1 atom stereocenters. The zero-order valence-corrected chi connectivity index (χ0v) is 13.3. The van der Waals surface area contributed by atoms with Crippen LogP contribution in [0.15, 0.2) is 59.2 Å². The van der Waals surface area contributed by atoms with Crippen LogP contribution in [0.3, 0.4) is 0 Å². The second-order valence-electron chi connectivity index (χ2n) is 5.24. The van der Waals surface area contributed by atoms with Gasteiger partial charge in [-0.1, -0.05) is 57.9 Å². The Morgan fingerprint density at radius 1 is 1.10 bits per heavy atom. The summed E-state index contributed by atoms with van der Waals surface area (Å²) < 4.78 is 0.997. The van der Waals surface area contributed by atoms with E-state index < -0.39 is 6.10 Å². The fourth-order valence-electron chi connectivity index (χ4n) is 2.49. The minimum atomic E-state index is -0.557. The molecule has 0 aliphatic rings. The van der Waals surface area contributed by atoms with Crippen molar-refractivity contribution in [1.29, 1.82) is 0 Å². The highest BCUT2D eigenvalue weighted by atomic mass is 79.9. The van der Waals surface area contributed by atoms with Gasteiger partial charge in [0.15, 0.2) is 0 Å². The van der Waals surface area contributed by atoms with Crippen molar-refractivity contribution in [1.82, 2.24) is 4.98 Å². The molecule has 0 bridgehead atoms. The molecular weight excluding hydrogens is 326 g/mol. The summed E-state index contributed by atoms with van der Waals surface area (Å²) in [6.07, 6.45) is 1.79. The predicted molar refractivity (Wildman–Crippen MR) is 89.3 cm³/mol. The lowest BCUT2D eigenvalue weighted by molar-refractivity contribution is 0.180. The van der Waals surface area contributed by atoms with E-state index in [2.05, 4.69) is 52.1 Å². The highest BCUT2D eigenvalue weighted by molar-refractivity contribution is 9.10. The summed E-state index contributed by atoms with van der Waals surface area (Å²) in [5.74, 6) is 0. The van der Waals surface area contributed by atoms with Gasteiger partial charge in [0.25, 0.3) is 0 Å². The van der Waals surface area contributed by atoms with Crippen molar-refractivity contribution in [3.63, 3.8) is 0 Å². The van der Waals surface area contributed by atoms with Crippen molar-refractivity contribution in [2.24, 2.45) is 0 Å². The van der Waals surface area contributed by atoms with Crippen LogP contribution in [-0.4, -0.2) is 10.1 Å². The van der Waals surface area contributed by atoms with E-state index in [9.17, 15) is 5.11 Å². The van der Waals surface area contributed by atoms with Gasteiger partial charge < -0.3 is 5.11 Å². The quantitative estimate of drug-likeness (QED) is 0.756. The molecule has 2 aromatic carbocycles. The lowest BCUT2D eigenvalue weighted by Gasteiger charge is -2.14. The largest absolute Gasteiger partial charge is 0.388 e. The van der Waals surface area contributed by atoms with Crippen molar-refractivity contribution in [2.45, 2.75) is 19.4 Å². The number of hydrogen-bond donors (Lipinski definition) is 1. The monoisotopic (exact) mass is 341 g/mol. The van der Waals surface area contributed by atoms with E-state index >= 15 is 0 Å². The number of aryl methyl sites for hydroxylation is 1. The van der Waals surface area contributed by atoms with Gasteiger partial charge in [-0.3, -0.25) is 4.98 Å². The summed E-state index contributed by atoms with van der Waals surface area (Å²) in [7, 11) is 0. The van der Waals surface area contributed by atoms with Crippen LogP contribution in [0.1, 0.15) is 22.8 Å². The number of aliphatic hydroxyl groups excluding tert-OH is 1. The fraction of sp³-hybridized carbons (Fsp3) is 0.167. The molecule has 1 N–H and O–H groups in total. The van der Waals surface area contributed by atoms with E-state index in [-0.39, 0.29) is 0 Å². The number of aromatic nitrogens is 1. The molecule has 106 valence electrons. The van der Waals surface area contributed by atoms with E-state index in [1.54, 1.807) is 6.20 Å². The van der Waals surface area contributed by atoms with Crippen LogP contribution in [0.5, 0.6) is 0 Å². The molecular formula is C18H16BrNO. The molecule has 0 spiro atoms. The van der Waals surface area contributed by atoms with Crippen LogP contribution < -0.4 is 0 Å². The molecule has 0 aliphatic carbocycles. The van der Waals surface area contributed by atoms with Crippen molar-refractivity contribution >= 4 is 26.8 Å². The molecule has 1 heterocycles. The van der Waals surface area contributed by atoms with Gasteiger partial charge >= 0.3 is 0 Å². The molecule has 0 saturated carbocycles. The van der Waals surface area contributed by atoms with E-state index in [1.165, 1.54) is 5.56 Å². The third-order valence-electron chi connectivity index (χ3n) is 3.66. The maximum absolute atomic E-state index is 10.6. The Morgan fingerprint density at radius 2 is 1.86 bits per heavy atom. The number of pyridine rings is 1. The standard InChI is InChI=1S/C18H16BrNO/c1-12-4-6-13(7-5-12)11-17(21)15-8-9-16(19)14-3-2-10-20-18(14)15/h2-10,17,21H,11H2,1H3. The number of aliphatic hydroxyl groups is 1. The molecule has 0 aliphatic heterocycles. The minimum absolute atomic E-state index is 0.557. The van der Waals surface area contributed by atoms with Gasteiger partial charge in [-0.15, -0.1) is 0 Å². The molecule has 0 radical (unpaired) electrons. The first-order chi connectivity index (χ1) is 10.1. The van der Waals surface area contributed by atoms with Gasteiger partial charge in [0.2, 0.25) is 0 Å². The summed E-state index contributed by atoms with van der Waals surface area (Å²) in [4.78, 5) is 4.43. The number of halogens is 1. The van der Waals surface area contributed by atoms with Crippen LogP contribution in [-0.2, 0) is 6.42 Å².